The first-order valence-corrected chi connectivity index (χ1v) is 6.32. The van der Waals surface area contributed by atoms with E-state index in [1.165, 1.54) is 0 Å². The Morgan fingerprint density at radius 1 is 1.47 bits per heavy atom. The van der Waals surface area contributed by atoms with Gasteiger partial charge in [-0.1, -0.05) is 0 Å². The molecule has 0 aromatic carbocycles. The fourth-order valence-corrected chi connectivity index (χ4v) is 2.38. The van der Waals surface area contributed by atoms with Crippen molar-refractivity contribution < 1.29 is 4.79 Å². The zero-order chi connectivity index (χ0) is 11.8. The summed E-state index contributed by atoms with van der Waals surface area (Å²) in [5.41, 5.74) is 0.984. The van der Waals surface area contributed by atoms with Gasteiger partial charge in [0, 0.05) is 31.7 Å². The summed E-state index contributed by atoms with van der Waals surface area (Å²) in [5, 5.41) is 0. The van der Waals surface area contributed by atoms with Crippen molar-refractivity contribution in [1.29, 1.82) is 0 Å². The van der Waals surface area contributed by atoms with E-state index in [2.05, 4.69) is 16.8 Å². The Labute approximate surface area is 101 Å². The molecule has 0 atom stereocenters. The first-order valence-electron chi connectivity index (χ1n) is 6.32. The van der Waals surface area contributed by atoms with Crippen LogP contribution in [0.2, 0.25) is 0 Å². The molecule has 1 aromatic rings. The molecule has 3 rings (SSSR count). The van der Waals surface area contributed by atoms with Gasteiger partial charge in [-0.05, 0) is 31.9 Å². The standard InChI is InChI=1S/C13H17N3O/c1-2-15-8-9-16(13(17)10-5-6-10)11-4-3-7-14-12(11)15/h3-4,7,10H,2,5-6,8-9H2,1H3. The third kappa shape index (κ3) is 1.77. The van der Waals surface area contributed by atoms with Crippen molar-refractivity contribution in [3.05, 3.63) is 18.3 Å². The third-order valence-electron chi connectivity index (χ3n) is 3.52. The molecule has 0 spiro atoms. The highest BCUT2D eigenvalue weighted by Gasteiger charge is 2.36. The lowest BCUT2D eigenvalue weighted by Gasteiger charge is -2.36. The Morgan fingerprint density at radius 3 is 3.00 bits per heavy atom. The van der Waals surface area contributed by atoms with E-state index in [1.54, 1.807) is 6.20 Å². The molecule has 0 N–H and O–H groups in total. The molecule has 1 aliphatic carbocycles. The van der Waals surface area contributed by atoms with Gasteiger partial charge in [-0.3, -0.25) is 4.79 Å². The minimum Gasteiger partial charge on any atom is -0.353 e. The molecule has 4 heteroatoms. The molecule has 2 aliphatic rings. The molecule has 0 saturated heterocycles. The molecule has 0 bridgehead atoms. The molecule has 1 amide bonds. The summed E-state index contributed by atoms with van der Waals surface area (Å²) in [7, 11) is 0. The minimum atomic E-state index is 0.274. The second-order valence-electron chi connectivity index (χ2n) is 4.69. The molecule has 1 fully saturated rings. The predicted octanol–water partition coefficient (Wildman–Crippen LogP) is 1.66. The Bertz CT molecular complexity index is 442. The lowest BCUT2D eigenvalue weighted by atomic mass is 10.2. The number of hydrogen-bond donors (Lipinski definition) is 0. The fourth-order valence-electron chi connectivity index (χ4n) is 2.38. The van der Waals surface area contributed by atoms with Crippen molar-refractivity contribution in [2.24, 2.45) is 5.92 Å². The number of aromatic nitrogens is 1. The van der Waals surface area contributed by atoms with Gasteiger partial charge in [0.1, 0.15) is 0 Å². The van der Waals surface area contributed by atoms with E-state index >= 15 is 0 Å². The van der Waals surface area contributed by atoms with E-state index < -0.39 is 0 Å². The van der Waals surface area contributed by atoms with Crippen LogP contribution in [0.15, 0.2) is 18.3 Å². The van der Waals surface area contributed by atoms with Gasteiger partial charge in [0.25, 0.3) is 0 Å². The second-order valence-corrected chi connectivity index (χ2v) is 4.69. The van der Waals surface area contributed by atoms with Crippen LogP contribution in [-0.4, -0.2) is 30.5 Å². The maximum absolute atomic E-state index is 12.2. The van der Waals surface area contributed by atoms with Gasteiger partial charge in [0.15, 0.2) is 5.82 Å². The van der Waals surface area contributed by atoms with Crippen LogP contribution in [0, 0.1) is 5.92 Å². The highest BCUT2D eigenvalue weighted by Crippen LogP contribution is 2.36. The van der Waals surface area contributed by atoms with Gasteiger partial charge < -0.3 is 9.80 Å². The van der Waals surface area contributed by atoms with E-state index in [9.17, 15) is 4.79 Å². The van der Waals surface area contributed by atoms with Crippen LogP contribution >= 0.6 is 0 Å². The van der Waals surface area contributed by atoms with Crippen LogP contribution in [0.4, 0.5) is 11.5 Å². The summed E-state index contributed by atoms with van der Waals surface area (Å²) in [6, 6.07) is 3.91. The zero-order valence-corrected chi connectivity index (χ0v) is 10.1. The first-order chi connectivity index (χ1) is 8.31. The molecule has 2 heterocycles. The number of carbonyl (C=O) groups is 1. The number of fused-ring (bicyclic) bond motifs is 1. The SMILES string of the molecule is CCN1CCN(C(=O)C2CC2)c2cccnc21. The Kier molecular flexibility index (Phi) is 2.50. The number of pyridine rings is 1. The lowest BCUT2D eigenvalue weighted by Crippen LogP contribution is -2.45. The average molecular weight is 231 g/mol. The molecule has 4 nitrogen and oxygen atoms in total. The van der Waals surface area contributed by atoms with Gasteiger partial charge in [-0.2, -0.15) is 0 Å². The quantitative estimate of drug-likeness (QED) is 0.776. The topological polar surface area (TPSA) is 36.4 Å². The Morgan fingerprint density at radius 2 is 2.29 bits per heavy atom. The lowest BCUT2D eigenvalue weighted by molar-refractivity contribution is -0.119. The third-order valence-corrected chi connectivity index (χ3v) is 3.52. The van der Waals surface area contributed by atoms with E-state index in [-0.39, 0.29) is 11.8 Å². The summed E-state index contributed by atoms with van der Waals surface area (Å²) >= 11 is 0. The summed E-state index contributed by atoms with van der Waals surface area (Å²) in [5.74, 6) is 1.52. The fraction of sp³-hybridized carbons (Fsp3) is 0.538. The van der Waals surface area contributed by atoms with Gasteiger partial charge >= 0.3 is 0 Å². The Balaban J connectivity index is 1.95. The average Bonchev–Trinajstić information content (AvgIpc) is 3.21. The molecule has 1 saturated carbocycles. The van der Waals surface area contributed by atoms with Gasteiger partial charge in [0.2, 0.25) is 5.91 Å². The van der Waals surface area contributed by atoms with E-state index in [0.29, 0.717) is 0 Å². The number of hydrogen-bond acceptors (Lipinski definition) is 3. The molecule has 17 heavy (non-hydrogen) atoms. The van der Waals surface area contributed by atoms with E-state index in [4.69, 9.17) is 0 Å². The van der Waals surface area contributed by atoms with Crippen LogP contribution in [0.25, 0.3) is 0 Å². The normalized spacial score (nSPS) is 19.1. The van der Waals surface area contributed by atoms with Crippen LogP contribution in [0.3, 0.4) is 0 Å². The van der Waals surface area contributed by atoms with Crippen molar-refractivity contribution in [3.8, 4) is 0 Å². The number of rotatable bonds is 2. The summed E-state index contributed by atoms with van der Waals surface area (Å²) < 4.78 is 0. The van der Waals surface area contributed by atoms with Crippen molar-refractivity contribution in [2.75, 3.05) is 29.4 Å². The van der Waals surface area contributed by atoms with E-state index in [0.717, 1.165) is 44.0 Å². The van der Waals surface area contributed by atoms with Crippen molar-refractivity contribution in [3.63, 3.8) is 0 Å². The summed E-state index contributed by atoms with van der Waals surface area (Å²) in [4.78, 5) is 20.8. The van der Waals surface area contributed by atoms with Crippen LogP contribution in [0.5, 0.6) is 0 Å². The number of nitrogens with zero attached hydrogens (tertiary/aromatic N) is 3. The maximum atomic E-state index is 12.2. The van der Waals surface area contributed by atoms with Gasteiger partial charge in [-0.25, -0.2) is 4.98 Å². The number of likely N-dealkylation sites (N-methyl/N-ethyl adjacent to an activating group) is 1. The van der Waals surface area contributed by atoms with Crippen LogP contribution in [-0.2, 0) is 4.79 Å². The van der Waals surface area contributed by atoms with Crippen molar-refractivity contribution in [1.82, 2.24) is 4.98 Å². The molecule has 0 unspecified atom stereocenters. The highest BCUT2D eigenvalue weighted by molar-refractivity contribution is 5.99. The van der Waals surface area contributed by atoms with E-state index in [1.807, 2.05) is 17.0 Å². The molecule has 90 valence electrons. The molecule has 0 radical (unpaired) electrons. The monoisotopic (exact) mass is 231 g/mol. The van der Waals surface area contributed by atoms with Crippen LogP contribution in [0.1, 0.15) is 19.8 Å². The number of anilines is 2. The molecule has 1 aromatic heterocycles. The maximum Gasteiger partial charge on any atom is 0.230 e. The smallest absolute Gasteiger partial charge is 0.230 e. The van der Waals surface area contributed by atoms with Crippen LogP contribution < -0.4 is 9.80 Å². The van der Waals surface area contributed by atoms with Crippen molar-refractivity contribution >= 4 is 17.4 Å². The summed E-state index contributed by atoms with van der Waals surface area (Å²) in [6.07, 6.45) is 3.91. The van der Waals surface area contributed by atoms with Gasteiger partial charge in [-0.15, -0.1) is 0 Å². The van der Waals surface area contributed by atoms with Crippen molar-refractivity contribution in [2.45, 2.75) is 19.8 Å². The summed E-state index contributed by atoms with van der Waals surface area (Å²) in [6.45, 7) is 4.74. The molecular formula is C13H17N3O. The number of amides is 1. The van der Waals surface area contributed by atoms with Gasteiger partial charge in [0.05, 0.1) is 5.69 Å². The largest absolute Gasteiger partial charge is 0.353 e. The molecular weight excluding hydrogens is 214 g/mol. The zero-order valence-electron chi connectivity index (χ0n) is 10.1. The predicted molar refractivity (Wildman–Crippen MR) is 67.2 cm³/mol. The second kappa shape index (κ2) is 4.02. The number of carbonyl (C=O) groups excluding carboxylic acids is 1. The molecule has 1 aliphatic heterocycles. The highest BCUT2D eigenvalue weighted by atomic mass is 16.2. The Hall–Kier alpha value is -1.58. The minimum absolute atomic E-state index is 0.274. The first kappa shape index (κ1) is 10.6.